The second kappa shape index (κ2) is 6.77. The molecule has 5 heteroatoms. The summed E-state index contributed by atoms with van der Waals surface area (Å²) >= 11 is 7.41. The fraction of sp³-hybridized carbons (Fsp3) is 0.200. The zero-order chi connectivity index (χ0) is 14.5. The molecule has 0 aliphatic carbocycles. The summed E-state index contributed by atoms with van der Waals surface area (Å²) < 4.78 is 5.20. The van der Waals surface area contributed by atoms with Gasteiger partial charge >= 0.3 is 0 Å². The summed E-state index contributed by atoms with van der Waals surface area (Å²) in [5, 5.41) is 1.52. The molecule has 1 heterocycles. The van der Waals surface area contributed by atoms with Crippen LogP contribution in [-0.4, -0.2) is 23.0 Å². The molecule has 0 saturated carbocycles. The Hall–Kier alpha value is -1.52. The highest BCUT2D eigenvalue weighted by Gasteiger charge is 2.04. The van der Waals surface area contributed by atoms with Gasteiger partial charge in [0.05, 0.1) is 12.6 Å². The van der Waals surface area contributed by atoms with E-state index >= 15 is 0 Å². The molecule has 0 fully saturated rings. The smallest absolute Gasteiger partial charge is 0.186 e. The standard InChI is InChI=1S/C15H14ClNO2S/c1-10(18)20-7-3-4-11-8-12-9-13(19-2)5-6-14(12)17-15(11)16/h3-6,8-9H,7H2,1-2H3. The Morgan fingerprint density at radius 1 is 1.45 bits per heavy atom. The van der Waals surface area contributed by atoms with Gasteiger partial charge in [-0.2, -0.15) is 0 Å². The van der Waals surface area contributed by atoms with E-state index in [1.807, 2.05) is 36.4 Å². The maximum Gasteiger partial charge on any atom is 0.186 e. The molecule has 104 valence electrons. The molecule has 0 spiro atoms. The minimum atomic E-state index is 0.0992. The molecule has 0 aliphatic heterocycles. The molecule has 0 aliphatic rings. The summed E-state index contributed by atoms with van der Waals surface area (Å²) in [7, 11) is 1.63. The number of methoxy groups -OCH3 is 1. The van der Waals surface area contributed by atoms with Gasteiger partial charge in [0, 0.05) is 23.6 Å². The topological polar surface area (TPSA) is 39.2 Å². The van der Waals surface area contributed by atoms with E-state index in [1.54, 1.807) is 14.0 Å². The highest BCUT2D eigenvalue weighted by atomic mass is 35.5. The Morgan fingerprint density at radius 2 is 2.25 bits per heavy atom. The van der Waals surface area contributed by atoms with Gasteiger partial charge in [-0.15, -0.1) is 0 Å². The minimum absolute atomic E-state index is 0.0992. The van der Waals surface area contributed by atoms with Gasteiger partial charge in [-0.05, 0) is 24.3 Å². The van der Waals surface area contributed by atoms with E-state index in [0.717, 1.165) is 22.2 Å². The third-order valence-electron chi connectivity index (χ3n) is 2.68. The molecule has 0 N–H and O–H groups in total. The lowest BCUT2D eigenvalue weighted by molar-refractivity contribution is -0.109. The molecular weight excluding hydrogens is 294 g/mol. The van der Waals surface area contributed by atoms with Crippen LogP contribution in [0.2, 0.25) is 5.15 Å². The summed E-state index contributed by atoms with van der Waals surface area (Å²) in [4.78, 5) is 15.2. The normalized spacial score (nSPS) is 11.2. The van der Waals surface area contributed by atoms with E-state index < -0.39 is 0 Å². The van der Waals surface area contributed by atoms with Gasteiger partial charge in [0.2, 0.25) is 0 Å². The maximum absolute atomic E-state index is 10.8. The number of carbonyl (C=O) groups is 1. The van der Waals surface area contributed by atoms with Gasteiger partial charge in [-0.1, -0.05) is 35.5 Å². The monoisotopic (exact) mass is 307 g/mol. The molecule has 1 aromatic carbocycles. The van der Waals surface area contributed by atoms with E-state index in [1.165, 1.54) is 11.8 Å². The van der Waals surface area contributed by atoms with Crippen molar-refractivity contribution in [1.82, 2.24) is 4.98 Å². The predicted molar refractivity (Wildman–Crippen MR) is 85.5 cm³/mol. The first-order chi connectivity index (χ1) is 9.60. The van der Waals surface area contributed by atoms with Gasteiger partial charge in [-0.3, -0.25) is 4.79 Å². The number of nitrogens with zero attached hydrogens (tertiary/aromatic N) is 1. The third-order valence-corrected chi connectivity index (χ3v) is 3.75. The number of hydrogen-bond acceptors (Lipinski definition) is 4. The molecule has 0 radical (unpaired) electrons. The summed E-state index contributed by atoms with van der Waals surface area (Å²) in [6.45, 7) is 1.55. The van der Waals surface area contributed by atoms with E-state index in [2.05, 4.69) is 4.98 Å². The summed E-state index contributed by atoms with van der Waals surface area (Å²) in [5.41, 5.74) is 1.66. The molecule has 0 saturated heterocycles. The van der Waals surface area contributed by atoms with Crippen LogP contribution in [-0.2, 0) is 4.79 Å². The van der Waals surface area contributed by atoms with Gasteiger partial charge < -0.3 is 4.74 Å². The van der Waals surface area contributed by atoms with E-state index in [-0.39, 0.29) is 5.12 Å². The van der Waals surface area contributed by atoms with E-state index in [0.29, 0.717) is 10.9 Å². The van der Waals surface area contributed by atoms with Crippen molar-refractivity contribution in [2.75, 3.05) is 12.9 Å². The van der Waals surface area contributed by atoms with Crippen LogP contribution < -0.4 is 4.74 Å². The van der Waals surface area contributed by atoms with Gasteiger partial charge in [0.1, 0.15) is 10.9 Å². The number of ether oxygens (including phenoxy) is 1. The molecule has 0 unspecified atom stereocenters. The highest BCUT2D eigenvalue weighted by Crippen LogP contribution is 2.25. The highest BCUT2D eigenvalue weighted by molar-refractivity contribution is 8.13. The molecular formula is C15H14ClNO2S. The number of halogens is 1. The maximum atomic E-state index is 10.8. The van der Waals surface area contributed by atoms with Crippen LogP contribution in [0.5, 0.6) is 5.75 Å². The Balaban J connectivity index is 2.28. The second-order valence-electron chi connectivity index (χ2n) is 4.13. The number of rotatable bonds is 4. The zero-order valence-electron chi connectivity index (χ0n) is 11.2. The fourth-order valence-electron chi connectivity index (χ4n) is 1.73. The number of pyridine rings is 1. The molecule has 0 bridgehead atoms. The Labute approximate surface area is 127 Å². The summed E-state index contributed by atoms with van der Waals surface area (Å²) in [5.74, 6) is 1.41. The van der Waals surface area contributed by atoms with Crippen molar-refractivity contribution >= 4 is 45.5 Å². The van der Waals surface area contributed by atoms with Crippen molar-refractivity contribution in [2.24, 2.45) is 0 Å². The molecule has 0 atom stereocenters. The number of carbonyl (C=O) groups excluding carboxylic acids is 1. The van der Waals surface area contributed by atoms with Crippen LogP contribution >= 0.6 is 23.4 Å². The second-order valence-corrected chi connectivity index (χ2v) is 5.69. The molecule has 0 amide bonds. The Kier molecular flexibility index (Phi) is 5.04. The van der Waals surface area contributed by atoms with Gasteiger partial charge in [-0.25, -0.2) is 4.98 Å². The lowest BCUT2D eigenvalue weighted by Gasteiger charge is -2.04. The van der Waals surface area contributed by atoms with Crippen molar-refractivity contribution in [2.45, 2.75) is 6.92 Å². The Bertz CT molecular complexity index is 670. The molecule has 20 heavy (non-hydrogen) atoms. The van der Waals surface area contributed by atoms with Crippen molar-refractivity contribution < 1.29 is 9.53 Å². The molecule has 3 nitrogen and oxygen atoms in total. The van der Waals surface area contributed by atoms with Gasteiger partial charge in [0.15, 0.2) is 5.12 Å². The molecule has 2 aromatic rings. The predicted octanol–water partition coefficient (Wildman–Crippen LogP) is 4.19. The number of aromatic nitrogens is 1. The third kappa shape index (κ3) is 3.74. The van der Waals surface area contributed by atoms with Crippen molar-refractivity contribution in [1.29, 1.82) is 0 Å². The number of benzene rings is 1. The first-order valence-corrected chi connectivity index (χ1v) is 7.40. The number of hydrogen-bond donors (Lipinski definition) is 0. The van der Waals surface area contributed by atoms with E-state index in [9.17, 15) is 4.79 Å². The van der Waals surface area contributed by atoms with Crippen LogP contribution in [0.1, 0.15) is 12.5 Å². The number of fused-ring (bicyclic) bond motifs is 1. The first kappa shape index (κ1) is 14.9. The average Bonchev–Trinajstić information content (AvgIpc) is 2.43. The van der Waals surface area contributed by atoms with Crippen molar-refractivity contribution in [3.8, 4) is 5.75 Å². The lowest BCUT2D eigenvalue weighted by Crippen LogP contribution is -1.87. The Morgan fingerprint density at radius 3 is 2.95 bits per heavy atom. The zero-order valence-corrected chi connectivity index (χ0v) is 12.8. The summed E-state index contributed by atoms with van der Waals surface area (Å²) in [6, 6.07) is 7.60. The fourth-order valence-corrected chi connectivity index (χ4v) is 2.37. The van der Waals surface area contributed by atoms with Crippen LogP contribution in [0, 0.1) is 0 Å². The minimum Gasteiger partial charge on any atom is -0.497 e. The van der Waals surface area contributed by atoms with Crippen LogP contribution in [0.25, 0.3) is 17.0 Å². The van der Waals surface area contributed by atoms with Crippen molar-refractivity contribution in [3.63, 3.8) is 0 Å². The SMILES string of the molecule is COc1ccc2nc(Cl)c(C=CCSC(C)=O)cc2c1. The van der Waals surface area contributed by atoms with Crippen molar-refractivity contribution in [3.05, 3.63) is 41.1 Å². The average molecular weight is 308 g/mol. The molecule has 2 rings (SSSR count). The lowest BCUT2D eigenvalue weighted by atomic mass is 10.1. The van der Waals surface area contributed by atoms with Crippen LogP contribution in [0.15, 0.2) is 30.3 Å². The van der Waals surface area contributed by atoms with E-state index in [4.69, 9.17) is 16.3 Å². The van der Waals surface area contributed by atoms with Crippen LogP contribution in [0.4, 0.5) is 0 Å². The largest absolute Gasteiger partial charge is 0.497 e. The number of thioether (sulfide) groups is 1. The van der Waals surface area contributed by atoms with Crippen LogP contribution in [0.3, 0.4) is 0 Å². The van der Waals surface area contributed by atoms with Gasteiger partial charge in [0.25, 0.3) is 0 Å². The first-order valence-electron chi connectivity index (χ1n) is 6.04. The summed E-state index contributed by atoms with van der Waals surface area (Å²) in [6.07, 6.45) is 3.78. The quantitative estimate of drug-likeness (QED) is 0.794. The molecule has 1 aromatic heterocycles.